The van der Waals surface area contributed by atoms with Gasteiger partial charge in [0.1, 0.15) is 0 Å². The number of aromatic nitrogens is 2. The number of methoxy groups -OCH3 is 1. The predicted octanol–water partition coefficient (Wildman–Crippen LogP) is 2.72. The van der Waals surface area contributed by atoms with Crippen LogP contribution in [0.1, 0.15) is 10.5 Å². The van der Waals surface area contributed by atoms with E-state index >= 15 is 0 Å². The van der Waals surface area contributed by atoms with Gasteiger partial charge in [-0.1, -0.05) is 17.7 Å². The largest absolute Gasteiger partial charge is 0.464 e. The van der Waals surface area contributed by atoms with Gasteiger partial charge < -0.3 is 4.74 Å². The van der Waals surface area contributed by atoms with Crippen molar-refractivity contribution in [2.45, 2.75) is 0 Å². The van der Waals surface area contributed by atoms with E-state index in [1.165, 1.54) is 31.5 Å². The molecule has 18 heavy (non-hydrogen) atoms. The number of nitrogens with zero attached hydrogens (tertiary/aromatic N) is 2. The van der Waals surface area contributed by atoms with Crippen molar-refractivity contribution in [2.24, 2.45) is 0 Å². The molecule has 0 amide bonds. The molecule has 4 nitrogen and oxygen atoms in total. The Kier molecular flexibility index (Phi) is 3.53. The van der Waals surface area contributed by atoms with Gasteiger partial charge in [0.25, 0.3) is 0 Å². The van der Waals surface area contributed by atoms with Crippen LogP contribution in [-0.4, -0.2) is 23.0 Å². The lowest BCUT2D eigenvalue weighted by atomic mass is 10.2. The molecule has 0 saturated heterocycles. The van der Waals surface area contributed by atoms with E-state index in [9.17, 15) is 9.18 Å². The van der Waals surface area contributed by atoms with Gasteiger partial charge >= 0.3 is 5.97 Å². The molecule has 0 saturated carbocycles. The number of halogens is 2. The van der Waals surface area contributed by atoms with Crippen molar-refractivity contribution in [3.05, 3.63) is 47.0 Å². The van der Waals surface area contributed by atoms with Crippen LogP contribution < -0.4 is 0 Å². The monoisotopic (exact) mass is 266 g/mol. The zero-order chi connectivity index (χ0) is 13.1. The maximum Gasteiger partial charge on any atom is 0.356 e. The molecule has 0 unspecified atom stereocenters. The molecule has 92 valence electrons. The lowest BCUT2D eigenvalue weighted by Crippen LogP contribution is -2.06. The van der Waals surface area contributed by atoms with Crippen molar-refractivity contribution in [3.63, 3.8) is 0 Å². The summed E-state index contributed by atoms with van der Waals surface area (Å²) in [6.07, 6.45) is 1.36. The van der Waals surface area contributed by atoms with Crippen LogP contribution in [0.15, 0.2) is 30.5 Å². The zero-order valence-electron chi connectivity index (χ0n) is 9.35. The Morgan fingerprint density at radius 1 is 1.39 bits per heavy atom. The first-order chi connectivity index (χ1) is 8.63. The fourth-order valence-corrected chi connectivity index (χ4v) is 1.56. The molecule has 0 atom stereocenters. The predicted molar refractivity (Wildman–Crippen MR) is 63.8 cm³/mol. The third kappa shape index (κ3) is 2.31. The summed E-state index contributed by atoms with van der Waals surface area (Å²) in [7, 11) is 1.24. The molecular formula is C12H8ClFN2O2. The van der Waals surface area contributed by atoms with Gasteiger partial charge in [-0.2, -0.15) is 0 Å². The number of esters is 1. The van der Waals surface area contributed by atoms with Crippen molar-refractivity contribution in [2.75, 3.05) is 7.11 Å². The second-order valence-electron chi connectivity index (χ2n) is 3.36. The van der Waals surface area contributed by atoms with Crippen LogP contribution in [0, 0.1) is 5.82 Å². The summed E-state index contributed by atoms with van der Waals surface area (Å²) in [5.74, 6) is -1.15. The first-order valence-electron chi connectivity index (χ1n) is 4.99. The summed E-state index contributed by atoms with van der Waals surface area (Å²) in [6, 6.07) is 5.87. The molecular weight excluding hydrogens is 259 g/mol. The smallest absolute Gasteiger partial charge is 0.356 e. The maximum atomic E-state index is 13.8. The van der Waals surface area contributed by atoms with Crippen molar-refractivity contribution in [1.82, 2.24) is 9.97 Å². The molecule has 0 radical (unpaired) electrons. The Hall–Kier alpha value is -2.01. The lowest BCUT2D eigenvalue weighted by molar-refractivity contribution is 0.0594. The number of benzene rings is 1. The van der Waals surface area contributed by atoms with Crippen LogP contribution in [0.4, 0.5) is 4.39 Å². The number of rotatable bonds is 2. The molecule has 0 aliphatic heterocycles. The van der Waals surface area contributed by atoms with Gasteiger partial charge in [0.15, 0.2) is 17.3 Å². The molecule has 0 bridgehead atoms. The molecule has 2 aromatic rings. The molecule has 2 rings (SSSR count). The van der Waals surface area contributed by atoms with E-state index in [0.29, 0.717) is 0 Å². The standard InChI is InChI=1S/C12H8ClFN2O2/c1-18-12(17)9-5-6-15-11(16-9)7-3-2-4-8(13)10(7)14/h2-6H,1H3. The Morgan fingerprint density at radius 2 is 2.17 bits per heavy atom. The molecule has 0 spiro atoms. The summed E-state index contributed by atoms with van der Waals surface area (Å²) in [6.45, 7) is 0. The van der Waals surface area contributed by atoms with Crippen LogP contribution in [-0.2, 0) is 4.74 Å². The van der Waals surface area contributed by atoms with E-state index in [4.69, 9.17) is 11.6 Å². The van der Waals surface area contributed by atoms with E-state index in [1.54, 1.807) is 6.07 Å². The summed E-state index contributed by atoms with van der Waals surface area (Å²) < 4.78 is 18.3. The fourth-order valence-electron chi connectivity index (χ4n) is 1.38. The highest BCUT2D eigenvalue weighted by Gasteiger charge is 2.14. The zero-order valence-corrected chi connectivity index (χ0v) is 10.1. The number of carbonyl (C=O) groups excluding carboxylic acids is 1. The highest BCUT2D eigenvalue weighted by Crippen LogP contribution is 2.24. The summed E-state index contributed by atoms with van der Waals surface area (Å²) in [5, 5.41) is -0.0282. The minimum atomic E-state index is -0.624. The molecule has 1 aromatic carbocycles. The maximum absolute atomic E-state index is 13.8. The van der Waals surface area contributed by atoms with Crippen LogP contribution >= 0.6 is 11.6 Å². The van der Waals surface area contributed by atoms with Crippen LogP contribution in [0.5, 0.6) is 0 Å². The number of hydrogen-bond donors (Lipinski definition) is 0. The number of carbonyl (C=O) groups is 1. The SMILES string of the molecule is COC(=O)c1ccnc(-c2cccc(Cl)c2F)n1. The van der Waals surface area contributed by atoms with Crippen LogP contribution in [0.3, 0.4) is 0 Å². The van der Waals surface area contributed by atoms with Gasteiger partial charge in [0.05, 0.1) is 17.7 Å². The normalized spacial score (nSPS) is 10.2. The van der Waals surface area contributed by atoms with Gasteiger partial charge in [0, 0.05) is 6.20 Å². The molecule has 0 fully saturated rings. The lowest BCUT2D eigenvalue weighted by Gasteiger charge is -2.04. The van der Waals surface area contributed by atoms with Crippen molar-refractivity contribution >= 4 is 17.6 Å². The van der Waals surface area contributed by atoms with Crippen molar-refractivity contribution < 1.29 is 13.9 Å². The fraction of sp³-hybridized carbons (Fsp3) is 0.0833. The van der Waals surface area contributed by atoms with Crippen molar-refractivity contribution in [1.29, 1.82) is 0 Å². The first kappa shape index (κ1) is 12.4. The minimum Gasteiger partial charge on any atom is -0.464 e. The number of hydrogen-bond acceptors (Lipinski definition) is 4. The van der Waals surface area contributed by atoms with E-state index in [0.717, 1.165) is 0 Å². The first-order valence-corrected chi connectivity index (χ1v) is 5.37. The van der Waals surface area contributed by atoms with E-state index in [-0.39, 0.29) is 22.1 Å². The highest BCUT2D eigenvalue weighted by atomic mass is 35.5. The Morgan fingerprint density at radius 3 is 2.89 bits per heavy atom. The van der Waals surface area contributed by atoms with Crippen LogP contribution in [0.2, 0.25) is 5.02 Å². The Balaban J connectivity index is 2.51. The van der Waals surface area contributed by atoms with Gasteiger partial charge in [-0.05, 0) is 18.2 Å². The second-order valence-corrected chi connectivity index (χ2v) is 3.77. The third-order valence-electron chi connectivity index (χ3n) is 2.24. The van der Waals surface area contributed by atoms with Gasteiger partial charge in [-0.15, -0.1) is 0 Å². The quantitative estimate of drug-likeness (QED) is 0.784. The molecule has 6 heteroatoms. The third-order valence-corrected chi connectivity index (χ3v) is 2.53. The minimum absolute atomic E-state index is 0.0282. The average molecular weight is 267 g/mol. The van der Waals surface area contributed by atoms with Gasteiger partial charge in [-0.25, -0.2) is 19.2 Å². The van der Waals surface area contributed by atoms with E-state index in [2.05, 4.69) is 14.7 Å². The topological polar surface area (TPSA) is 52.1 Å². The number of ether oxygens (including phenoxy) is 1. The summed E-state index contributed by atoms with van der Waals surface area (Å²) >= 11 is 5.67. The van der Waals surface area contributed by atoms with E-state index in [1.807, 2.05) is 0 Å². The molecule has 1 aromatic heterocycles. The molecule has 0 N–H and O–H groups in total. The van der Waals surface area contributed by atoms with Gasteiger partial charge in [0.2, 0.25) is 0 Å². The van der Waals surface area contributed by atoms with E-state index < -0.39 is 11.8 Å². The van der Waals surface area contributed by atoms with Crippen LogP contribution in [0.25, 0.3) is 11.4 Å². The molecule has 0 aliphatic rings. The molecule has 1 heterocycles. The highest BCUT2D eigenvalue weighted by molar-refractivity contribution is 6.31. The summed E-state index contributed by atoms with van der Waals surface area (Å²) in [4.78, 5) is 19.2. The van der Waals surface area contributed by atoms with Crippen molar-refractivity contribution in [3.8, 4) is 11.4 Å². The summed E-state index contributed by atoms with van der Waals surface area (Å²) in [5.41, 5.74) is 0.190. The second kappa shape index (κ2) is 5.10. The molecule has 0 aliphatic carbocycles. The Labute approximate surface area is 107 Å². The Bertz CT molecular complexity index is 604. The average Bonchev–Trinajstić information content (AvgIpc) is 2.41. The van der Waals surface area contributed by atoms with Gasteiger partial charge in [-0.3, -0.25) is 0 Å².